The number of aliphatic imine (C=N–C) groups is 1. The molecular formula is C30H23F3N2O3S. The summed E-state index contributed by atoms with van der Waals surface area (Å²) >= 11 is 0. The Kier molecular flexibility index (Phi) is 6.88. The van der Waals surface area contributed by atoms with Gasteiger partial charge in [0.1, 0.15) is 5.60 Å². The average molecular weight is 549 g/mol. The van der Waals surface area contributed by atoms with Crippen LogP contribution in [0.1, 0.15) is 23.1 Å². The molecule has 4 aromatic carbocycles. The quantitative estimate of drug-likeness (QED) is 0.274. The van der Waals surface area contributed by atoms with Gasteiger partial charge in [-0.15, -0.1) is 0 Å². The highest BCUT2D eigenvalue weighted by atomic mass is 32.2. The second-order valence-corrected chi connectivity index (χ2v) is 10.8. The lowest BCUT2D eigenvalue weighted by Gasteiger charge is -2.27. The summed E-state index contributed by atoms with van der Waals surface area (Å²) in [5.74, 6) is 0. The van der Waals surface area contributed by atoms with Gasteiger partial charge in [0.2, 0.25) is 0 Å². The van der Waals surface area contributed by atoms with Gasteiger partial charge in [-0.1, -0.05) is 72.8 Å². The van der Waals surface area contributed by atoms with Crippen LogP contribution in [0.5, 0.6) is 0 Å². The van der Waals surface area contributed by atoms with Crippen molar-refractivity contribution in [1.82, 2.24) is 0 Å². The van der Waals surface area contributed by atoms with E-state index in [9.17, 15) is 26.7 Å². The minimum absolute atomic E-state index is 0.162. The van der Waals surface area contributed by atoms with Crippen LogP contribution in [0.3, 0.4) is 0 Å². The predicted molar refractivity (Wildman–Crippen MR) is 145 cm³/mol. The van der Waals surface area contributed by atoms with E-state index in [1.807, 2.05) is 60.7 Å². The van der Waals surface area contributed by atoms with Crippen molar-refractivity contribution >= 4 is 32.7 Å². The lowest BCUT2D eigenvalue weighted by atomic mass is 9.84. The first kappa shape index (κ1) is 26.4. The number of nitrogens with zero attached hydrogens (tertiary/aromatic N) is 1. The zero-order valence-corrected chi connectivity index (χ0v) is 21.2. The molecule has 0 unspecified atom stereocenters. The van der Waals surface area contributed by atoms with Crippen LogP contribution in [0.4, 0.5) is 24.5 Å². The second-order valence-electron chi connectivity index (χ2n) is 9.11. The Labute approximate surface area is 224 Å². The normalized spacial score (nSPS) is 18.7. The molecule has 9 heteroatoms. The summed E-state index contributed by atoms with van der Waals surface area (Å²) in [6.45, 7) is 0. The van der Waals surface area contributed by atoms with Gasteiger partial charge in [-0.05, 0) is 59.2 Å². The van der Waals surface area contributed by atoms with Crippen molar-refractivity contribution in [2.24, 2.45) is 4.99 Å². The summed E-state index contributed by atoms with van der Waals surface area (Å²) in [5, 5.41) is 11.8. The van der Waals surface area contributed by atoms with Gasteiger partial charge in [-0.25, -0.2) is 8.42 Å². The highest BCUT2D eigenvalue weighted by molar-refractivity contribution is 7.92. The van der Waals surface area contributed by atoms with Crippen LogP contribution in [0.25, 0.3) is 5.57 Å². The van der Waals surface area contributed by atoms with E-state index >= 15 is 0 Å². The number of sulfonamides is 1. The minimum Gasteiger partial charge on any atom is -0.380 e. The first-order chi connectivity index (χ1) is 18.5. The summed E-state index contributed by atoms with van der Waals surface area (Å²) < 4.78 is 67.3. The number of halogens is 3. The molecule has 5 rings (SSSR count). The molecule has 2 N–H and O–H groups in total. The molecule has 0 amide bonds. The molecule has 0 aromatic heterocycles. The van der Waals surface area contributed by atoms with Crippen molar-refractivity contribution in [3.8, 4) is 0 Å². The zero-order chi connectivity index (χ0) is 27.7. The van der Waals surface area contributed by atoms with E-state index in [2.05, 4.69) is 9.71 Å². The molecule has 0 spiro atoms. The van der Waals surface area contributed by atoms with Gasteiger partial charge in [0, 0.05) is 17.8 Å². The van der Waals surface area contributed by atoms with Crippen molar-refractivity contribution in [3.63, 3.8) is 0 Å². The van der Waals surface area contributed by atoms with Crippen LogP contribution < -0.4 is 4.72 Å². The number of nitrogens with one attached hydrogen (secondary N) is 1. The molecule has 0 saturated heterocycles. The molecule has 198 valence electrons. The van der Waals surface area contributed by atoms with E-state index in [1.54, 1.807) is 12.1 Å². The third kappa shape index (κ3) is 5.64. The lowest BCUT2D eigenvalue weighted by molar-refractivity contribution is -0.137. The third-order valence-electron chi connectivity index (χ3n) is 6.37. The molecule has 4 aromatic rings. The minimum atomic E-state index is -4.60. The number of benzene rings is 4. The van der Waals surface area contributed by atoms with E-state index in [1.165, 1.54) is 24.3 Å². The van der Waals surface area contributed by atoms with E-state index in [0.717, 1.165) is 23.8 Å². The molecule has 0 aliphatic heterocycles. The summed E-state index contributed by atoms with van der Waals surface area (Å²) in [5.41, 5.74) is 0.553. The van der Waals surface area contributed by atoms with Crippen LogP contribution in [-0.4, -0.2) is 19.2 Å². The van der Waals surface area contributed by atoms with E-state index < -0.39 is 27.4 Å². The Morgan fingerprint density at radius 3 is 2.18 bits per heavy atom. The van der Waals surface area contributed by atoms with Gasteiger partial charge < -0.3 is 5.11 Å². The maximum Gasteiger partial charge on any atom is 0.416 e. The number of aliphatic hydroxyl groups is 1. The Bertz CT molecular complexity index is 1670. The van der Waals surface area contributed by atoms with Gasteiger partial charge in [0.25, 0.3) is 10.0 Å². The number of hydrogen-bond acceptors (Lipinski definition) is 4. The number of hydrogen-bond donors (Lipinski definition) is 2. The highest BCUT2D eigenvalue weighted by Gasteiger charge is 2.40. The van der Waals surface area contributed by atoms with E-state index in [0.29, 0.717) is 22.5 Å². The zero-order valence-electron chi connectivity index (χ0n) is 20.4. The molecule has 0 saturated carbocycles. The largest absolute Gasteiger partial charge is 0.416 e. The summed E-state index contributed by atoms with van der Waals surface area (Å²) in [6, 6.07) is 28.4. The van der Waals surface area contributed by atoms with Crippen molar-refractivity contribution in [3.05, 3.63) is 132 Å². The molecule has 0 fully saturated rings. The van der Waals surface area contributed by atoms with Gasteiger partial charge >= 0.3 is 6.18 Å². The fourth-order valence-electron chi connectivity index (χ4n) is 4.54. The van der Waals surface area contributed by atoms with Gasteiger partial charge in [0.05, 0.1) is 16.1 Å². The first-order valence-corrected chi connectivity index (χ1v) is 13.5. The lowest BCUT2D eigenvalue weighted by Crippen LogP contribution is -2.25. The molecule has 0 heterocycles. The van der Waals surface area contributed by atoms with E-state index in [4.69, 9.17) is 0 Å². The van der Waals surface area contributed by atoms with Crippen molar-refractivity contribution in [2.75, 3.05) is 4.72 Å². The molecule has 1 aliphatic rings. The molecule has 1 aliphatic carbocycles. The van der Waals surface area contributed by atoms with Crippen molar-refractivity contribution < 1.29 is 26.7 Å². The fourth-order valence-corrected chi connectivity index (χ4v) is 5.63. The van der Waals surface area contributed by atoms with Crippen molar-refractivity contribution in [1.29, 1.82) is 0 Å². The number of rotatable bonds is 6. The fraction of sp³-hybridized carbons (Fsp3) is 0.100. The number of alkyl halides is 3. The van der Waals surface area contributed by atoms with E-state index in [-0.39, 0.29) is 17.0 Å². The van der Waals surface area contributed by atoms with Crippen LogP contribution in [0, 0.1) is 0 Å². The van der Waals surface area contributed by atoms with Gasteiger partial charge in [-0.2, -0.15) is 13.2 Å². The molecule has 0 bridgehead atoms. The summed E-state index contributed by atoms with van der Waals surface area (Å²) in [7, 11) is -4.20. The number of anilines is 1. The Morgan fingerprint density at radius 1 is 0.821 bits per heavy atom. The number of allylic oxidation sites excluding steroid dienone is 1. The summed E-state index contributed by atoms with van der Waals surface area (Å²) in [4.78, 5) is 4.46. The molecule has 1 atom stereocenters. The van der Waals surface area contributed by atoms with Gasteiger partial charge in [-0.3, -0.25) is 9.71 Å². The smallest absolute Gasteiger partial charge is 0.380 e. The van der Waals surface area contributed by atoms with Crippen LogP contribution in [0.2, 0.25) is 0 Å². The Hall–Kier alpha value is -4.21. The molecular weight excluding hydrogens is 525 g/mol. The van der Waals surface area contributed by atoms with Crippen LogP contribution in [0.15, 0.2) is 125 Å². The Morgan fingerprint density at radius 2 is 1.49 bits per heavy atom. The van der Waals surface area contributed by atoms with Crippen molar-refractivity contribution in [2.45, 2.75) is 23.1 Å². The monoisotopic (exact) mass is 548 g/mol. The van der Waals surface area contributed by atoms with Crippen LogP contribution in [-0.2, 0) is 21.8 Å². The predicted octanol–water partition coefficient (Wildman–Crippen LogP) is 6.95. The third-order valence-corrected chi connectivity index (χ3v) is 7.75. The highest BCUT2D eigenvalue weighted by Crippen LogP contribution is 2.44. The van der Waals surface area contributed by atoms with Crippen LogP contribution >= 0.6 is 0 Å². The molecule has 5 nitrogen and oxygen atoms in total. The standard InChI is InChI=1S/C30H23F3N2O3S/c31-30(32,33)23-13-7-15-25(17-23)35-39(37,38)27-16-8-14-24(18-27)34-26-19-28(21-9-3-1-4-10-21)29(36,20-26)22-11-5-2-6-12-22/h1-19,35-36H,20H2/t29-/m0/s1. The maximum atomic E-state index is 13.1. The summed E-state index contributed by atoms with van der Waals surface area (Å²) in [6.07, 6.45) is -2.64. The molecule has 39 heavy (non-hydrogen) atoms. The second kappa shape index (κ2) is 10.2. The SMILES string of the molecule is O=S(=O)(Nc1cccc(C(F)(F)F)c1)c1cccc(N=C2C=C(c3ccccc3)[C@@](O)(c3ccccc3)C2)c1. The Balaban J connectivity index is 1.47. The topological polar surface area (TPSA) is 78.8 Å². The molecule has 0 radical (unpaired) electrons. The first-order valence-electron chi connectivity index (χ1n) is 12.0. The maximum absolute atomic E-state index is 13.1. The van der Waals surface area contributed by atoms with Gasteiger partial charge in [0.15, 0.2) is 0 Å². The average Bonchev–Trinajstić information content (AvgIpc) is 3.26.